The monoisotopic (exact) mass is 354 g/mol. The molecule has 0 saturated heterocycles. The molecule has 1 unspecified atom stereocenters. The highest BCUT2D eigenvalue weighted by Gasteiger charge is 2.17. The number of halogens is 3. The first-order chi connectivity index (χ1) is 10.1. The molecule has 2 nitrogen and oxygen atoms in total. The highest BCUT2D eigenvalue weighted by molar-refractivity contribution is 9.10. The van der Waals surface area contributed by atoms with Crippen molar-refractivity contribution in [2.75, 3.05) is 6.54 Å². The van der Waals surface area contributed by atoms with E-state index in [2.05, 4.69) is 26.2 Å². The molecule has 1 atom stereocenters. The lowest BCUT2D eigenvalue weighted by molar-refractivity contribution is 0.493. The van der Waals surface area contributed by atoms with Gasteiger partial charge in [-0.2, -0.15) is 0 Å². The standard InChI is InChI=1S/C16H17BrF2N2/c1-2-7-21-15(12-6-8-20-10-14(12)19)9-11-4-3-5-13(18)16(11)17/h3-6,8,10,15,21H,2,7,9H2,1H3. The Bertz CT molecular complexity index is 605. The van der Waals surface area contributed by atoms with Crippen LogP contribution in [0.4, 0.5) is 8.78 Å². The van der Waals surface area contributed by atoms with Crippen LogP contribution in [0.3, 0.4) is 0 Å². The molecule has 0 amide bonds. The Balaban J connectivity index is 2.28. The van der Waals surface area contributed by atoms with Gasteiger partial charge in [-0.15, -0.1) is 0 Å². The topological polar surface area (TPSA) is 24.9 Å². The minimum Gasteiger partial charge on any atom is -0.310 e. The van der Waals surface area contributed by atoms with Crippen molar-refractivity contribution in [2.45, 2.75) is 25.8 Å². The molecule has 1 aromatic carbocycles. The van der Waals surface area contributed by atoms with E-state index in [0.717, 1.165) is 18.5 Å². The lowest BCUT2D eigenvalue weighted by Gasteiger charge is -2.20. The number of rotatable bonds is 6. The van der Waals surface area contributed by atoms with E-state index in [9.17, 15) is 8.78 Å². The summed E-state index contributed by atoms with van der Waals surface area (Å²) < 4.78 is 28.0. The molecule has 0 aliphatic heterocycles. The average Bonchev–Trinajstić information content (AvgIpc) is 2.48. The Labute approximate surface area is 131 Å². The summed E-state index contributed by atoms with van der Waals surface area (Å²) in [4.78, 5) is 3.77. The van der Waals surface area contributed by atoms with Crippen LogP contribution < -0.4 is 5.32 Å². The van der Waals surface area contributed by atoms with Gasteiger partial charge in [-0.25, -0.2) is 8.78 Å². The van der Waals surface area contributed by atoms with Gasteiger partial charge in [0.05, 0.1) is 10.7 Å². The predicted molar refractivity (Wildman–Crippen MR) is 83.0 cm³/mol. The first-order valence-corrected chi connectivity index (χ1v) is 7.68. The van der Waals surface area contributed by atoms with Crippen molar-refractivity contribution in [3.05, 3.63) is 63.9 Å². The fourth-order valence-electron chi connectivity index (χ4n) is 2.21. The fraction of sp³-hybridized carbons (Fsp3) is 0.312. The number of nitrogens with one attached hydrogen (secondary N) is 1. The SMILES string of the molecule is CCCNC(Cc1cccc(F)c1Br)c1ccncc1F. The first kappa shape index (κ1) is 16.0. The quantitative estimate of drug-likeness (QED) is 0.831. The Morgan fingerprint density at radius 3 is 2.76 bits per heavy atom. The van der Waals surface area contributed by atoms with Crippen molar-refractivity contribution in [3.63, 3.8) is 0 Å². The van der Waals surface area contributed by atoms with E-state index < -0.39 is 0 Å². The minimum absolute atomic E-state index is 0.217. The lowest BCUT2D eigenvalue weighted by Crippen LogP contribution is -2.25. The highest BCUT2D eigenvalue weighted by Crippen LogP contribution is 2.27. The van der Waals surface area contributed by atoms with Gasteiger partial charge in [0.15, 0.2) is 0 Å². The van der Waals surface area contributed by atoms with Crippen LogP contribution in [0.15, 0.2) is 41.1 Å². The Morgan fingerprint density at radius 2 is 2.05 bits per heavy atom. The van der Waals surface area contributed by atoms with Crippen molar-refractivity contribution in [1.29, 1.82) is 0 Å². The summed E-state index contributed by atoms with van der Waals surface area (Å²) in [5.41, 5.74) is 1.36. The summed E-state index contributed by atoms with van der Waals surface area (Å²) >= 11 is 3.26. The molecule has 1 aromatic heterocycles. The molecule has 5 heteroatoms. The van der Waals surface area contributed by atoms with Crippen LogP contribution in [-0.2, 0) is 6.42 Å². The van der Waals surface area contributed by atoms with Crippen molar-refractivity contribution in [1.82, 2.24) is 10.3 Å². The molecule has 0 fully saturated rings. The van der Waals surface area contributed by atoms with E-state index >= 15 is 0 Å². The normalized spacial score (nSPS) is 12.4. The zero-order chi connectivity index (χ0) is 15.2. The number of aromatic nitrogens is 1. The van der Waals surface area contributed by atoms with Crippen LogP contribution >= 0.6 is 15.9 Å². The Kier molecular flexibility index (Phi) is 5.82. The van der Waals surface area contributed by atoms with Gasteiger partial charge >= 0.3 is 0 Å². The van der Waals surface area contributed by atoms with Gasteiger partial charge in [-0.05, 0) is 53.0 Å². The van der Waals surface area contributed by atoms with Crippen LogP contribution in [0.25, 0.3) is 0 Å². The second kappa shape index (κ2) is 7.61. The summed E-state index contributed by atoms with van der Waals surface area (Å²) in [6.07, 6.45) is 4.21. The van der Waals surface area contributed by atoms with Crippen molar-refractivity contribution >= 4 is 15.9 Å². The summed E-state index contributed by atoms with van der Waals surface area (Å²) in [6.45, 7) is 2.81. The second-order valence-electron chi connectivity index (χ2n) is 4.82. The van der Waals surface area contributed by atoms with E-state index in [4.69, 9.17) is 0 Å². The molecule has 0 bridgehead atoms. The molecule has 2 rings (SSSR count). The van der Waals surface area contributed by atoms with Crippen LogP contribution in [0.5, 0.6) is 0 Å². The minimum atomic E-state index is -0.348. The van der Waals surface area contributed by atoms with Gasteiger partial charge in [0.1, 0.15) is 11.6 Å². The molecule has 0 spiro atoms. The number of hydrogen-bond donors (Lipinski definition) is 1. The molecule has 0 radical (unpaired) electrons. The van der Waals surface area contributed by atoms with E-state index in [1.54, 1.807) is 18.3 Å². The maximum Gasteiger partial charge on any atom is 0.146 e. The number of hydrogen-bond acceptors (Lipinski definition) is 2. The molecule has 112 valence electrons. The van der Waals surface area contributed by atoms with Gasteiger partial charge in [-0.3, -0.25) is 4.98 Å². The Hall–Kier alpha value is -1.33. The maximum atomic E-state index is 14.0. The predicted octanol–water partition coefficient (Wildman–Crippen LogP) is 4.41. The molecule has 21 heavy (non-hydrogen) atoms. The average molecular weight is 355 g/mol. The third kappa shape index (κ3) is 4.08. The third-order valence-electron chi connectivity index (χ3n) is 3.28. The zero-order valence-corrected chi connectivity index (χ0v) is 13.3. The zero-order valence-electron chi connectivity index (χ0n) is 11.7. The first-order valence-electron chi connectivity index (χ1n) is 6.89. The molecule has 0 saturated carbocycles. The molecule has 1 N–H and O–H groups in total. The Morgan fingerprint density at radius 1 is 1.24 bits per heavy atom. The van der Waals surface area contributed by atoms with Crippen molar-refractivity contribution in [3.8, 4) is 0 Å². The number of nitrogens with zero attached hydrogens (tertiary/aromatic N) is 1. The summed E-state index contributed by atoms with van der Waals surface area (Å²) in [7, 11) is 0. The van der Waals surface area contributed by atoms with E-state index in [0.29, 0.717) is 16.5 Å². The molecular weight excluding hydrogens is 338 g/mol. The summed E-state index contributed by atoms with van der Waals surface area (Å²) in [6, 6.07) is 6.35. The molecule has 0 aliphatic carbocycles. The van der Waals surface area contributed by atoms with Crippen LogP contribution in [-0.4, -0.2) is 11.5 Å². The third-order valence-corrected chi connectivity index (χ3v) is 4.16. The van der Waals surface area contributed by atoms with Gasteiger partial charge in [0.25, 0.3) is 0 Å². The number of benzene rings is 1. The molecule has 0 aliphatic rings. The van der Waals surface area contributed by atoms with E-state index in [1.165, 1.54) is 12.3 Å². The van der Waals surface area contributed by atoms with E-state index in [-0.39, 0.29) is 17.7 Å². The highest BCUT2D eigenvalue weighted by atomic mass is 79.9. The summed E-state index contributed by atoms with van der Waals surface area (Å²) in [5.74, 6) is -0.657. The van der Waals surface area contributed by atoms with Crippen molar-refractivity contribution < 1.29 is 8.78 Å². The summed E-state index contributed by atoms with van der Waals surface area (Å²) in [5, 5.41) is 3.31. The van der Waals surface area contributed by atoms with Crippen LogP contribution in [0, 0.1) is 11.6 Å². The maximum absolute atomic E-state index is 14.0. The lowest BCUT2D eigenvalue weighted by atomic mass is 9.99. The molecular formula is C16H17BrF2N2. The van der Waals surface area contributed by atoms with Crippen molar-refractivity contribution in [2.24, 2.45) is 0 Å². The van der Waals surface area contributed by atoms with Gasteiger partial charge in [0, 0.05) is 17.8 Å². The van der Waals surface area contributed by atoms with E-state index in [1.807, 2.05) is 13.0 Å². The second-order valence-corrected chi connectivity index (χ2v) is 5.61. The molecule has 2 aromatic rings. The van der Waals surface area contributed by atoms with Crippen LogP contribution in [0.2, 0.25) is 0 Å². The van der Waals surface area contributed by atoms with Gasteiger partial charge in [-0.1, -0.05) is 19.1 Å². The smallest absolute Gasteiger partial charge is 0.146 e. The number of pyridine rings is 1. The van der Waals surface area contributed by atoms with Crippen LogP contribution in [0.1, 0.15) is 30.5 Å². The largest absolute Gasteiger partial charge is 0.310 e. The fourth-order valence-corrected chi connectivity index (χ4v) is 2.63. The van der Waals surface area contributed by atoms with Gasteiger partial charge in [0.2, 0.25) is 0 Å². The molecule has 1 heterocycles. The van der Waals surface area contributed by atoms with Gasteiger partial charge < -0.3 is 5.32 Å².